The maximum Gasteiger partial charge on any atom is 0.125 e. The van der Waals surface area contributed by atoms with Crippen molar-refractivity contribution in [1.29, 1.82) is 0 Å². The lowest BCUT2D eigenvalue weighted by Crippen LogP contribution is -2.18. The van der Waals surface area contributed by atoms with E-state index in [0.29, 0.717) is 6.61 Å². The fourth-order valence-corrected chi connectivity index (χ4v) is 2.37. The van der Waals surface area contributed by atoms with Crippen LogP contribution in [0, 0.1) is 19.7 Å². The molecule has 0 saturated heterocycles. The van der Waals surface area contributed by atoms with Crippen molar-refractivity contribution >= 4 is 0 Å². The maximum atomic E-state index is 13.3. The van der Waals surface area contributed by atoms with Gasteiger partial charge in [-0.2, -0.15) is 0 Å². The second-order valence-corrected chi connectivity index (χ2v) is 5.60. The summed E-state index contributed by atoms with van der Waals surface area (Å²) in [7, 11) is 0. The van der Waals surface area contributed by atoms with E-state index in [9.17, 15) is 4.39 Å². The van der Waals surface area contributed by atoms with Crippen LogP contribution in [-0.4, -0.2) is 6.04 Å². The van der Waals surface area contributed by atoms with Gasteiger partial charge in [0, 0.05) is 6.04 Å². The van der Waals surface area contributed by atoms with Gasteiger partial charge in [0.2, 0.25) is 0 Å². The van der Waals surface area contributed by atoms with E-state index in [4.69, 9.17) is 10.5 Å². The third kappa shape index (κ3) is 4.05. The van der Waals surface area contributed by atoms with Gasteiger partial charge < -0.3 is 10.5 Å². The highest BCUT2D eigenvalue weighted by Crippen LogP contribution is 2.26. The Labute approximate surface area is 125 Å². The second kappa shape index (κ2) is 6.72. The first-order valence-electron chi connectivity index (χ1n) is 7.19. The predicted octanol–water partition coefficient (Wildman–Crippen LogP) is 3.91. The van der Waals surface area contributed by atoms with Gasteiger partial charge >= 0.3 is 0 Å². The van der Waals surface area contributed by atoms with Gasteiger partial charge in [0.15, 0.2) is 0 Å². The quantitative estimate of drug-likeness (QED) is 0.905. The number of nitrogens with two attached hydrogens (primary N) is 1. The molecule has 2 aromatic carbocycles. The van der Waals surface area contributed by atoms with Crippen LogP contribution in [-0.2, 0) is 13.0 Å². The Hall–Kier alpha value is -1.87. The van der Waals surface area contributed by atoms with Crippen LogP contribution in [0.3, 0.4) is 0 Å². The minimum absolute atomic E-state index is 0.0741. The molecule has 1 unspecified atom stereocenters. The van der Waals surface area contributed by atoms with Crippen molar-refractivity contribution in [3.05, 3.63) is 64.5 Å². The van der Waals surface area contributed by atoms with Crippen molar-refractivity contribution in [2.75, 3.05) is 0 Å². The zero-order chi connectivity index (χ0) is 15.4. The fraction of sp³-hybridized carbons (Fsp3) is 0.333. The molecule has 0 bridgehead atoms. The van der Waals surface area contributed by atoms with E-state index in [2.05, 4.69) is 0 Å². The fourth-order valence-electron chi connectivity index (χ4n) is 2.37. The number of para-hydroxylation sites is 1. The lowest BCUT2D eigenvalue weighted by Gasteiger charge is -2.16. The van der Waals surface area contributed by atoms with Crippen LogP contribution < -0.4 is 10.5 Å². The van der Waals surface area contributed by atoms with Crippen molar-refractivity contribution in [2.24, 2.45) is 5.73 Å². The van der Waals surface area contributed by atoms with E-state index in [1.165, 1.54) is 12.1 Å². The van der Waals surface area contributed by atoms with Gasteiger partial charge in [0.25, 0.3) is 0 Å². The Bertz CT molecular complexity index is 623. The van der Waals surface area contributed by atoms with E-state index in [-0.39, 0.29) is 11.9 Å². The summed E-state index contributed by atoms with van der Waals surface area (Å²) >= 11 is 0. The number of ether oxygens (including phenoxy) is 1. The van der Waals surface area contributed by atoms with Crippen molar-refractivity contribution in [3.8, 4) is 5.75 Å². The number of hydrogen-bond acceptors (Lipinski definition) is 2. The molecule has 2 nitrogen and oxygen atoms in total. The molecule has 0 heterocycles. The molecule has 0 aliphatic carbocycles. The van der Waals surface area contributed by atoms with Crippen LogP contribution in [0.25, 0.3) is 0 Å². The molecular weight excluding hydrogens is 265 g/mol. The normalized spacial score (nSPS) is 12.2. The molecule has 21 heavy (non-hydrogen) atoms. The van der Waals surface area contributed by atoms with Gasteiger partial charge in [-0.05, 0) is 61.6 Å². The first-order valence-corrected chi connectivity index (χ1v) is 7.19. The Morgan fingerprint density at radius 1 is 1.10 bits per heavy atom. The van der Waals surface area contributed by atoms with E-state index >= 15 is 0 Å². The maximum absolute atomic E-state index is 13.3. The molecule has 0 spiro atoms. The minimum atomic E-state index is -0.236. The highest BCUT2D eigenvalue weighted by atomic mass is 19.1. The van der Waals surface area contributed by atoms with E-state index in [0.717, 1.165) is 34.4 Å². The van der Waals surface area contributed by atoms with E-state index in [1.54, 1.807) is 6.07 Å². The number of aryl methyl sites for hydroxylation is 2. The van der Waals surface area contributed by atoms with Crippen LogP contribution in [0.15, 0.2) is 36.4 Å². The lowest BCUT2D eigenvalue weighted by molar-refractivity contribution is 0.299. The minimum Gasteiger partial charge on any atom is -0.488 e. The molecule has 0 aliphatic rings. The molecule has 0 fully saturated rings. The molecule has 0 amide bonds. The Morgan fingerprint density at radius 2 is 1.86 bits per heavy atom. The first-order chi connectivity index (χ1) is 9.97. The van der Waals surface area contributed by atoms with Gasteiger partial charge in [-0.25, -0.2) is 4.39 Å². The molecule has 1 atom stereocenters. The SMILES string of the molecule is Cc1ccc(F)cc1COc1c(C)cccc1CC(C)N. The van der Waals surface area contributed by atoms with Crippen molar-refractivity contribution in [1.82, 2.24) is 0 Å². The van der Waals surface area contributed by atoms with Crippen molar-refractivity contribution < 1.29 is 9.13 Å². The standard InChI is InChI=1S/C18H22FNO/c1-12-7-8-17(19)10-16(12)11-21-18-13(2)5-4-6-15(18)9-14(3)20/h4-8,10,14H,9,11,20H2,1-3H3. The second-order valence-electron chi connectivity index (χ2n) is 5.60. The molecule has 0 saturated carbocycles. The predicted molar refractivity (Wildman–Crippen MR) is 84.0 cm³/mol. The number of hydrogen-bond donors (Lipinski definition) is 1. The smallest absolute Gasteiger partial charge is 0.125 e. The number of benzene rings is 2. The molecule has 112 valence electrons. The third-order valence-corrected chi connectivity index (χ3v) is 3.52. The van der Waals surface area contributed by atoms with Crippen LogP contribution in [0.2, 0.25) is 0 Å². The summed E-state index contributed by atoms with van der Waals surface area (Å²) in [4.78, 5) is 0. The highest BCUT2D eigenvalue weighted by molar-refractivity contribution is 5.41. The number of rotatable bonds is 5. The summed E-state index contributed by atoms with van der Waals surface area (Å²) in [5.74, 6) is 0.623. The zero-order valence-corrected chi connectivity index (χ0v) is 12.8. The van der Waals surface area contributed by atoms with Crippen molar-refractivity contribution in [2.45, 2.75) is 39.8 Å². The largest absolute Gasteiger partial charge is 0.488 e. The summed E-state index contributed by atoms with van der Waals surface area (Å²) in [5, 5.41) is 0. The Kier molecular flexibility index (Phi) is 4.97. The Balaban J connectivity index is 2.21. The lowest BCUT2D eigenvalue weighted by atomic mass is 10.0. The molecule has 2 rings (SSSR count). The van der Waals surface area contributed by atoms with Crippen LogP contribution in [0.4, 0.5) is 4.39 Å². The van der Waals surface area contributed by atoms with E-state index in [1.807, 2.05) is 39.0 Å². The molecule has 0 aromatic heterocycles. The highest BCUT2D eigenvalue weighted by Gasteiger charge is 2.10. The van der Waals surface area contributed by atoms with Gasteiger partial charge in [-0.1, -0.05) is 24.3 Å². The molecule has 0 radical (unpaired) electrons. The molecule has 3 heteroatoms. The summed E-state index contributed by atoms with van der Waals surface area (Å²) in [6.07, 6.45) is 0.763. The summed E-state index contributed by atoms with van der Waals surface area (Å²) in [5.41, 5.74) is 9.95. The van der Waals surface area contributed by atoms with Crippen LogP contribution in [0.1, 0.15) is 29.2 Å². The monoisotopic (exact) mass is 287 g/mol. The first kappa shape index (κ1) is 15.5. The molecular formula is C18H22FNO. The van der Waals surface area contributed by atoms with Crippen molar-refractivity contribution in [3.63, 3.8) is 0 Å². The number of halogens is 1. The molecule has 0 aliphatic heterocycles. The zero-order valence-electron chi connectivity index (χ0n) is 12.8. The van der Waals surface area contributed by atoms with Crippen LogP contribution in [0.5, 0.6) is 5.75 Å². The Morgan fingerprint density at radius 3 is 2.57 bits per heavy atom. The third-order valence-electron chi connectivity index (χ3n) is 3.52. The van der Waals surface area contributed by atoms with Gasteiger partial charge in [0.05, 0.1) is 0 Å². The average Bonchev–Trinajstić information content (AvgIpc) is 2.41. The summed E-state index contributed by atoms with van der Waals surface area (Å²) in [6, 6.07) is 10.9. The summed E-state index contributed by atoms with van der Waals surface area (Å²) in [6.45, 7) is 6.31. The van der Waals surface area contributed by atoms with Gasteiger partial charge in [-0.3, -0.25) is 0 Å². The summed E-state index contributed by atoms with van der Waals surface area (Å²) < 4.78 is 19.3. The molecule has 2 N–H and O–H groups in total. The van der Waals surface area contributed by atoms with Gasteiger partial charge in [0.1, 0.15) is 18.2 Å². The van der Waals surface area contributed by atoms with E-state index < -0.39 is 0 Å². The molecule has 2 aromatic rings. The van der Waals surface area contributed by atoms with Crippen LogP contribution >= 0.6 is 0 Å². The average molecular weight is 287 g/mol. The topological polar surface area (TPSA) is 35.2 Å². The van der Waals surface area contributed by atoms with Gasteiger partial charge in [-0.15, -0.1) is 0 Å².